The first kappa shape index (κ1) is 22.1. The Morgan fingerprint density at radius 1 is 0.933 bits per heavy atom. The fourth-order valence-corrected chi connectivity index (χ4v) is 4.17. The topological polar surface area (TPSA) is 37.3 Å². The molecule has 0 bridgehead atoms. The van der Waals surface area contributed by atoms with Crippen LogP contribution in [0, 0.1) is 6.92 Å². The van der Waals surface area contributed by atoms with E-state index in [0.29, 0.717) is 5.56 Å². The second-order valence-corrected chi connectivity index (χ2v) is 9.46. The van der Waals surface area contributed by atoms with E-state index in [1.807, 2.05) is 19.1 Å². The van der Waals surface area contributed by atoms with Gasteiger partial charge in [0, 0.05) is 0 Å². The number of aromatic carboxylic acids is 1. The van der Waals surface area contributed by atoms with Crippen LogP contribution in [-0.4, -0.2) is 17.3 Å². The normalized spacial score (nSPS) is 18.1. The Bertz CT molecular complexity index is 1010. The monoisotopic (exact) mass is 416 g/mol. The number of carboxylic acids is 1. The molecule has 0 heterocycles. The van der Waals surface area contributed by atoms with Gasteiger partial charge in [-0.2, -0.15) is 13.2 Å². The molecule has 0 aliphatic heterocycles. The van der Waals surface area contributed by atoms with Gasteiger partial charge in [-0.15, -0.1) is 0 Å². The first-order valence-corrected chi connectivity index (χ1v) is 10.0. The summed E-state index contributed by atoms with van der Waals surface area (Å²) < 4.78 is 41.7. The van der Waals surface area contributed by atoms with Crippen LogP contribution in [0.1, 0.15) is 78.7 Å². The molecule has 0 amide bonds. The van der Waals surface area contributed by atoms with E-state index in [4.69, 9.17) is 5.11 Å². The quantitative estimate of drug-likeness (QED) is 0.540. The van der Waals surface area contributed by atoms with Gasteiger partial charge in [-0.1, -0.05) is 52.0 Å². The third-order valence-corrected chi connectivity index (χ3v) is 6.29. The standard InChI is InChI=1S/C25H27F3O2/c1-15-12-20-21(24(4,5)11-10-23(20,2)3)14-18(15)13-19(25(26,27)28)16-6-8-17(9-7-16)22(29)30/h6-9,12-14H,10-11H2,1-5H3,(H,29,30)/b19-13+. The smallest absolute Gasteiger partial charge is 0.417 e. The molecule has 2 aromatic carbocycles. The van der Waals surface area contributed by atoms with Gasteiger partial charge < -0.3 is 5.11 Å². The minimum Gasteiger partial charge on any atom is -0.478 e. The van der Waals surface area contributed by atoms with Crippen LogP contribution in [-0.2, 0) is 10.8 Å². The molecule has 0 saturated carbocycles. The van der Waals surface area contributed by atoms with Gasteiger partial charge in [0.25, 0.3) is 0 Å². The van der Waals surface area contributed by atoms with Gasteiger partial charge in [-0.05, 0) is 76.6 Å². The number of carbonyl (C=O) groups is 1. The zero-order valence-electron chi connectivity index (χ0n) is 17.9. The molecule has 1 aliphatic rings. The van der Waals surface area contributed by atoms with Crippen molar-refractivity contribution in [1.82, 2.24) is 0 Å². The maximum Gasteiger partial charge on any atom is 0.417 e. The van der Waals surface area contributed by atoms with E-state index < -0.39 is 17.7 Å². The zero-order chi connectivity index (χ0) is 22.5. The van der Waals surface area contributed by atoms with Gasteiger partial charge in [0.1, 0.15) is 0 Å². The highest BCUT2D eigenvalue weighted by Crippen LogP contribution is 2.47. The van der Waals surface area contributed by atoms with Gasteiger partial charge in [0.2, 0.25) is 0 Å². The van der Waals surface area contributed by atoms with Crippen molar-refractivity contribution in [1.29, 1.82) is 0 Å². The highest BCUT2D eigenvalue weighted by atomic mass is 19.4. The predicted octanol–water partition coefficient (Wildman–Crippen LogP) is 7.15. The average Bonchev–Trinajstić information content (AvgIpc) is 2.63. The summed E-state index contributed by atoms with van der Waals surface area (Å²) in [5, 5.41) is 9.01. The summed E-state index contributed by atoms with van der Waals surface area (Å²) in [6, 6.07) is 8.75. The molecular formula is C25H27F3O2. The van der Waals surface area contributed by atoms with Crippen LogP contribution < -0.4 is 0 Å². The summed E-state index contributed by atoms with van der Waals surface area (Å²) in [5.74, 6) is -1.17. The molecule has 1 aliphatic carbocycles. The van der Waals surface area contributed by atoms with E-state index in [2.05, 4.69) is 27.7 Å². The second kappa shape index (κ2) is 7.29. The van der Waals surface area contributed by atoms with Crippen molar-refractivity contribution in [2.24, 2.45) is 0 Å². The number of hydrogen-bond acceptors (Lipinski definition) is 1. The highest BCUT2D eigenvalue weighted by molar-refractivity contribution is 5.90. The van der Waals surface area contributed by atoms with E-state index in [-0.39, 0.29) is 22.0 Å². The Morgan fingerprint density at radius 2 is 1.40 bits per heavy atom. The van der Waals surface area contributed by atoms with Gasteiger partial charge in [-0.25, -0.2) is 4.79 Å². The van der Waals surface area contributed by atoms with E-state index in [0.717, 1.165) is 24.0 Å². The maximum atomic E-state index is 13.9. The van der Waals surface area contributed by atoms with Crippen LogP contribution in [0.3, 0.4) is 0 Å². The molecule has 5 heteroatoms. The summed E-state index contributed by atoms with van der Waals surface area (Å²) in [5.41, 5.74) is 2.62. The van der Waals surface area contributed by atoms with E-state index >= 15 is 0 Å². The number of aryl methyl sites for hydroxylation is 1. The molecule has 3 rings (SSSR count). The van der Waals surface area contributed by atoms with E-state index in [1.54, 1.807) is 0 Å². The molecule has 0 saturated heterocycles. The van der Waals surface area contributed by atoms with Crippen LogP contribution in [0.15, 0.2) is 36.4 Å². The Labute approximate surface area is 175 Å². The minimum atomic E-state index is -4.57. The number of benzene rings is 2. The first-order chi connectivity index (χ1) is 13.7. The highest BCUT2D eigenvalue weighted by Gasteiger charge is 2.38. The lowest BCUT2D eigenvalue weighted by Crippen LogP contribution is -2.34. The molecule has 0 atom stereocenters. The van der Waals surface area contributed by atoms with Crippen LogP contribution in [0.5, 0.6) is 0 Å². The van der Waals surface area contributed by atoms with Crippen molar-refractivity contribution in [2.45, 2.75) is 64.5 Å². The summed E-state index contributed by atoms with van der Waals surface area (Å²) >= 11 is 0. The number of allylic oxidation sites excluding steroid dienone is 1. The predicted molar refractivity (Wildman–Crippen MR) is 114 cm³/mol. The number of hydrogen-bond donors (Lipinski definition) is 1. The fraction of sp³-hybridized carbons (Fsp3) is 0.400. The average molecular weight is 416 g/mol. The van der Waals surface area contributed by atoms with Crippen molar-refractivity contribution < 1.29 is 23.1 Å². The van der Waals surface area contributed by atoms with Crippen LogP contribution in [0.4, 0.5) is 13.2 Å². The second-order valence-electron chi connectivity index (χ2n) is 9.46. The summed E-state index contributed by atoms with van der Waals surface area (Å²) in [6.45, 7) is 10.5. The van der Waals surface area contributed by atoms with E-state index in [9.17, 15) is 18.0 Å². The van der Waals surface area contributed by atoms with Crippen molar-refractivity contribution >= 4 is 17.6 Å². The number of alkyl halides is 3. The molecule has 0 fully saturated rings. The Morgan fingerprint density at radius 3 is 1.87 bits per heavy atom. The molecule has 2 aromatic rings. The lowest BCUT2D eigenvalue weighted by atomic mass is 9.62. The first-order valence-electron chi connectivity index (χ1n) is 10.0. The molecule has 160 valence electrons. The minimum absolute atomic E-state index is 0.0165. The fourth-order valence-electron chi connectivity index (χ4n) is 4.17. The molecule has 0 spiro atoms. The lowest BCUT2D eigenvalue weighted by Gasteiger charge is -2.42. The molecular weight excluding hydrogens is 389 g/mol. The number of fused-ring (bicyclic) bond motifs is 1. The van der Waals surface area contributed by atoms with Crippen LogP contribution >= 0.6 is 0 Å². The Hall–Kier alpha value is -2.56. The van der Waals surface area contributed by atoms with Gasteiger partial charge >= 0.3 is 12.1 Å². The molecule has 1 N–H and O–H groups in total. The molecule has 0 aromatic heterocycles. The number of halogens is 3. The van der Waals surface area contributed by atoms with Gasteiger partial charge in [0.15, 0.2) is 0 Å². The maximum absolute atomic E-state index is 13.9. The Kier molecular flexibility index (Phi) is 5.38. The summed E-state index contributed by atoms with van der Waals surface area (Å²) in [7, 11) is 0. The molecule has 0 unspecified atom stereocenters. The van der Waals surface area contributed by atoms with Crippen LogP contribution in [0.25, 0.3) is 11.6 Å². The van der Waals surface area contributed by atoms with Gasteiger partial charge in [-0.3, -0.25) is 0 Å². The van der Waals surface area contributed by atoms with Crippen molar-refractivity contribution in [3.63, 3.8) is 0 Å². The summed E-state index contributed by atoms with van der Waals surface area (Å²) in [6.07, 6.45) is -1.38. The largest absolute Gasteiger partial charge is 0.478 e. The lowest BCUT2D eigenvalue weighted by molar-refractivity contribution is -0.0683. The SMILES string of the molecule is Cc1cc2c(cc1/C=C(\c1ccc(C(=O)O)cc1)C(F)(F)F)C(C)(C)CCC2(C)C. The third-order valence-electron chi connectivity index (χ3n) is 6.29. The molecule has 0 radical (unpaired) electrons. The van der Waals surface area contributed by atoms with Crippen molar-refractivity contribution in [3.8, 4) is 0 Å². The van der Waals surface area contributed by atoms with Crippen molar-refractivity contribution in [2.75, 3.05) is 0 Å². The van der Waals surface area contributed by atoms with Crippen molar-refractivity contribution in [3.05, 3.63) is 69.8 Å². The summed E-state index contributed by atoms with van der Waals surface area (Å²) in [4.78, 5) is 11.0. The third kappa shape index (κ3) is 4.16. The van der Waals surface area contributed by atoms with E-state index in [1.165, 1.54) is 35.9 Å². The molecule has 30 heavy (non-hydrogen) atoms. The molecule has 2 nitrogen and oxygen atoms in total. The van der Waals surface area contributed by atoms with Gasteiger partial charge in [0.05, 0.1) is 11.1 Å². The Balaban J connectivity index is 2.18. The zero-order valence-corrected chi connectivity index (χ0v) is 17.9. The number of rotatable bonds is 3. The van der Waals surface area contributed by atoms with Crippen LogP contribution in [0.2, 0.25) is 0 Å². The number of carboxylic acid groups (broad SMARTS) is 1.